The van der Waals surface area contributed by atoms with E-state index in [2.05, 4.69) is 4.98 Å². The van der Waals surface area contributed by atoms with Crippen LogP contribution in [0.3, 0.4) is 0 Å². The van der Waals surface area contributed by atoms with Gasteiger partial charge in [0.25, 0.3) is 6.43 Å². The zero-order valence-corrected chi connectivity index (χ0v) is 7.92. The second-order valence-corrected chi connectivity index (χ2v) is 2.88. The number of aromatic nitrogens is 1. The number of carbonyl (C=O) groups excluding carboxylic acids is 1. The van der Waals surface area contributed by atoms with Gasteiger partial charge in [-0.2, -0.15) is 18.4 Å². The second kappa shape index (κ2) is 4.45. The molecule has 3 nitrogen and oxygen atoms in total. The van der Waals surface area contributed by atoms with Crippen LogP contribution in [0.2, 0.25) is 0 Å². The molecule has 8 heteroatoms. The third-order valence-corrected chi connectivity index (χ3v) is 1.84. The monoisotopic (exact) mass is 250 g/mol. The van der Waals surface area contributed by atoms with Gasteiger partial charge in [-0.3, -0.25) is 4.79 Å². The van der Waals surface area contributed by atoms with Gasteiger partial charge in [0.1, 0.15) is 17.5 Å². The molecule has 0 amide bonds. The lowest BCUT2D eigenvalue weighted by molar-refractivity contribution is -0.139. The highest BCUT2D eigenvalue weighted by Crippen LogP contribution is 2.37. The number of halogens is 5. The van der Waals surface area contributed by atoms with Crippen LogP contribution < -0.4 is 0 Å². The number of hydrogen-bond acceptors (Lipinski definition) is 3. The molecule has 1 aromatic rings. The standard InChI is InChI=1S/C9H3F5N2O/c10-8(11)7-5(9(12,13)14)1-4(2-15)16-6(7)3-17/h1,3,8H. The molecule has 0 aliphatic carbocycles. The molecular weight excluding hydrogens is 247 g/mol. The maximum atomic E-state index is 12.5. The van der Waals surface area contributed by atoms with E-state index in [4.69, 9.17) is 5.26 Å². The van der Waals surface area contributed by atoms with Crippen LogP contribution in [0.5, 0.6) is 0 Å². The smallest absolute Gasteiger partial charge is 0.296 e. The Morgan fingerprint density at radius 1 is 1.41 bits per heavy atom. The van der Waals surface area contributed by atoms with Crippen LogP contribution in [0, 0.1) is 11.3 Å². The van der Waals surface area contributed by atoms with Gasteiger partial charge < -0.3 is 0 Å². The maximum Gasteiger partial charge on any atom is 0.417 e. The van der Waals surface area contributed by atoms with Crippen molar-refractivity contribution in [1.82, 2.24) is 4.98 Å². The molecule has 0 fully saturated rings. The van der Waals surface area contributed by atoms with Crippen molar-refractivity contribution in [2.75, 3.05) is 0 Å². The second-order valence-electron chi connectivity index (χ2n) is 2.88. The molecule has 1 rings (SSSR count). The van der Waals surface area contributed by atoms with Crippen molar-refractivity contribution in [3.63, 3.8) is 0 Å². The van der Waals surface area contributed by atoms with Gasteiger partial charge in [-0.05, 0) is 6.07 Å². The minimum atomic E-state index is -5.09. The van der Waals surface area contributed by atoms with Gasteiger partial charge in [0.05, 0.1) is 11.1 Å². The van der Waals surface area contributed by atoms with Gasteiger partial charge in [-0.25, -0.2) is 13.8 Å². The highest BCUT2D eigenvalue weighted by atomic mass is 19.4. The molecule has 0 spiro atoms. The summed E-state index contributed by atoms with van der Waals surface area (Å²) >= 11 is 0. The average molecular weight is 250 g/mol. The van der Waals surface area contributed by atoms with Crippen LogP contribution in [0.1, 0.15) is 33.7 Å². The maximum absolute atomic E-state index is 12.5. The molecule has 0 unspecified atom stereocenters. The Balaban J connectivity index is 3.65. The molecule has 0 N–H and O–H groups in total. The minimum absolute atomic E-state index is 0.189. The lowest BCUT2D eigenvalue weighted by Crippen LogP contribution is -2.14. The number of aldehydes is 1. The van der Waals surface area contributed by atoms with Crippen LogP contribution >= 0.6 is 0 Å². The largest absolute Gasteiger partial charge is 0.417 e. The van der Waals surface area contributed by atoms with E-state index in [1.54, 1.807) is 0 Å². The van der Waals surface area contributed by atoms with Gasteiger partial charge >= 0.3 is 6.18 Å². The van der Waals surface area contributed by atoms with E-state index in [1.807, 2.05) is 0 Å². The van der Waals surface area contributed by atoms with Crippen LogP contribution in [-0.2, 0) is 6.18 Å². The summed E-state index contributed by atoms with van der Waals surface area (Å²) in [6, 6.07) is 1.45. The Bertz CT molecular complexity index is 489. The Labute approximate surface area is 91.5 Å². The van der Waals surface area contributed by atoms with Crippen molar-refractivity contribution in [2.45, 2.75) is 12.6 Å². The van der Waals surface area contributed by atoms with Crippen molar-refractivity contribution < 1.29 is 26.7 Å². The fourth-order valence-corrected chi connectivity index (χ4v) is 1.19. The first-order valence-corrected chi connectivity index (χ1v) is 4.06. The highest BCUT2D eigenvalue weighted by molar-refractivity contribution is 5.75. The van der Waals surface area contributed by atoms with E-state index in [0.717, 1.165) is 0 Å². The molecule has 0 atom stereocenters. The van der Waals surface area contributed by atoms with E-state index in [0.29, 0.717) is 0 Å². The van der Waals surface area contributed by atoms with Gasteiger partial charge in [0, 0.05) is 0 Å². The van der Waals surface area contributed by atoms with Crippen molar-refractivity contribution in [3.8, 4) is 6.07 Å². The third kappa shape index (κ3) is 2.55. The quantitative estimate of drug-likeness (QED) is 0.599. The summed E-state index contributed by atoms with van der Waals surface area (Å²) in [7, 11) is 0. The summed E-state index contributed by atoms with van der Waals surface area (Å²) in [5.74, 6) is 0. The molecule has 0 saturated heterocycles. The van der Waals surface area contributed by atoms with Gasteiger partial charge in [0.15, 0.2) is 6.29 Å². The van der Waals surface area contributed by atoms with E-state index < -0.39 is 35.1 Å². The Morgan fingerprint density at radius 3 is 2.35 bits per heavy atom. The predicted octanol–water partition coefficient (Wildman–Crippen LogP) is 2.72. The number of hydrogen-bond donors (Lipinski definition) is 0. The SMILES string of the molecule is N#Cc1cc(C(F)(F)F)c(C(F)F)c(C=O)n1. The number of rotatable bonds is 2. The molecular formula is C9H3F5N2O. The first-order valence-electron chi connectivity index (χ1n) is 4.06. The van der Waals surface area contributed by atoms with Gasteiger partial charge in [-0.1, -0.05) is 0 Å². The summed E-state index contributed by atoms with van der Waals surface area (Å²) in [6.07, 6.45) is -8.83. The lowest BCUT2D eigenvalue weighted by atomic mass is 10.1. The molecule has 0 saturated carbocycles. The van der Waals surface area contributed by atoms with Crippen molar-refractivity contribution in [3.05, 3.63) is 28.6 Å². The summed E-state index contributed by atoms with van der Waals surface area (Å²) < 4.78 is 62.3. The zero-order valence-electron chi connectivity index (χ0n) is 7.92. The lowest BCUT2D eigenvalue weighted by Gasteiger charge is -2.13. The van der Waals surface area contributed by atoms with E-state index in [1.165, 1.54) is 6.07 Å². The molecule has 0 aliphatic heterocycles. The van der Waals surface area contributed by atoms with Gasteiger partial charge in [-0.15, -0.1) is 0 Å². The minimum Gasteiger partial charge on any atom is -0.296 e. The Hall–Kier alpha value is -2.04. The first-order chi connectivity index (χ1) is 7.81. The predicted molar refractivity (Wildman–Crippen MR) is 44.3 cm³/mol. The molecule has 17 heavy (non-hydrogen) atoms. The zero-order chi connectivity index (χ0) is 13.2. The molecule has 0 aromatic carbocycles. The Morgan fingerprint density at radius 2 is 2.00 bits per heavy atom. The first kappa shape index (κ1) is 13.0. The molecule has 1 aromatic heterocycles. The summed E-state index contributed by atoms with van der Waals surface area (Å²) in [5.41, 5.74) is -5.05. The topological polar surface area (TPSA) is 53.8 Å². The summed E-state index contributed by atoms with van der Waals surface area (Å²) in [4.78, 5) is 13.5. The van der Waals surface area contributed by atoms with Crippen LogP contribution in [0.25, 0.3) is 0 Å². The number of alkyl halides is 5. The summed E-state index contributed by atoms with van der Waals surface area (Å²) in [6.45, 7) is 0. The molecule has 0 radical (unpaired) electrons. The Kier molecular flexibility index (Phi) is 3.41. The number of nitrogens with zero attached hydrogens (tertiary/aromatic N) is 2. The average Bonchev–Trinajstić information content (AvgIpc) is 2.25. The van der Waals surface area contributed by atoms with Gasteiger partial charge in [0.2, 0.25) is 0 Å². The number of carbonyl (C=O) groups is 1. The molecule has 90 valence electrons. The fraction of sp³-hybridized carbons (Fsp3) is 0.222. The van der Waals surface area contributed by atoms with Crippen LogP contribution in [0.4, 0.5) is 22.0 Å². The van der Waals surface area contributed by atoms with Crippen LogP contribution in [0.15, 0.2) is 6.07 Å². The van der Waals surface area contributed by atoms with Crippen LogP contribution in [-0.4, -0.2) is 11.3 Å². The van der Waals surface area contributed by atoms with E-state index >= 15 is 0 Å². The third-order valence-electron chi connectivity index (χ3n) is 1.84. The van der Waals surface area contributed by atoms with Crippen molar-refractivity contribution in [2.24, 2.45) is 0 Å². The molecule has 0 aliphatic rings. The molecule has 0 bridgehead atoms. The summed E-state index contributed by atoms with van der Waals surface area (Å²) in [5, 5.41) is 8.39. The number of nitriles is 1. The normalized spacial score (nSPS) is 11.4. The van der Waals surface area contributed by atoms with E-state index in [-0.39, 0.29) is 12.4 Å². The van der Waals surface area contributed by atoms with E-state index in [9.17, 15) is 26.7 Å². The van der Waals surface area contributed by atoms with Crippen molar-refractivity contribution >= 4 is 6.29 Å². The number of pyridine rings is 1. The fourth-order valence-electron chi connectivity index (χ4n) is 1.19. The highest BCUT2D eigenvalue weighted by Gasteiger charge is 2.38. The van der Waals surface area contributed by atoms with Crippen molar-refractivity contribution in [1.29, 1.82) is 5.26 Å². The molecule has 1 heterocycles.